The highest BCUT2D eigenvalue weighted by Gasteiger charge is 2.22. The van der Waals surface area contributed by atoms with Crippen molar-refractivity contribution in [1.82, 2.24) is 24.9 Å². The normalized spacial score (nSPS) is 12.1. The second kappa shape index (κ2) is 10.9. The van der Waals surface area contributed by atoms with Gasteiger partial charge in [-0.15, -0.1) is 0 Å². The maximum Gasteiger partial charge on any atom is 0.324 e. The van der Waals surface area contributed by atoms with Gasteiger partial charge < -0.3 is 15.6 Å². The number of sulfone groups is 1. The molecule has 3 heterocycles. The van der Waals surface area contributed by atoms with Crippen LogP contribution in [0.2, 0.25) is 0 Å². The van der Waals surface area contributed by atoms with Crippen molar-refractivity contribution >= 4 is 44.2 Å². The molecule has 218 valence electrons. The molecule has 0 aliphatic heterocycles. The molecule has 4 N–H and O–H groups in total. The maximum atomic E-state index is 12.7. The highest BCUT2D eigenvalue weighted by atomic mass is 32.2. The van der Waals surface area contributed by atoms with Crippen molar-refractivity contribution in [2.75, 3.05) is 22.1 Å². The minimum atomic E-state index is -3.40. The van der Waals surface area contributed by atoms with E-state index < -0.39 is 15.9 Å². The molecule has 2 amide bonds. The second-order valence-electron chi connectivity index (χ2n) is 11.4. The Hall–Kier alpha value is -4.78. The summed E-state index contributed by atoms with van der Waals surface area (Å²) in [5.74, 6) is 1.29. The van der Waals surface area contributed by atoms with Crippen LogP contribution in [0.5, 0.6) is 0 Å². The zero-order chi connectivity index (χ0) is 30.2. The molecule has 13 heteroatoms. The molecule has 0 spiro atoms. The predicted molar refractivity (Wildman–Crippen MR) is 161 cm³/mol. The molecule has 0 saturated heterocycles. The first-order valence-corrected chi connectivity index (χ1v) is 14.9. The van der Waals surface area contributed by atoms with E-state index in [9.17, 15) is 13.2 Å². The van der Waals surface area contributed by atoms with Crippen LogP contribution >= 0.6 is 0 Å². The third kappa shape index (κ3) is 5.96. The van der Waals surface area contributed by atoms with Crippen LogP contribution in [-0.4, -0.2) is 45.1 Å². The zero-order valence-electron chi connectivity index (χ0n) is 23.9. The first-order chi connectivity index (χ1) is 19.8. The third-order valence-electron chi connectivity index (χ3n) is 6.39. The van der Waals surface area contributed by atoms with Crippen LogP contribution in [0.1, 0.15) is 40.4 Å². The van der Waals surface area contributed by atoms with Crippen molar-refractivity contribution in [3.8, 4) is 16.9 Å². The van der Waals surface area contributed by atoms with E-state index in [1.807, 2.05) is 34.6 Å². The van der Waals surface area contributed by atoms with Gasteiger partial charge in [0.15, 0.2) is 21.3 Å². The smallest absolute Gasteiger partial charge is 0.324 e. The van der Waals surface area contributed by atoms with Crippen LogP contribution in [0, 0.1) is 5.92 Å². The lowest BCUT2D eigenvalue weighted by molar-refractivity contribution is 0.262. The maximum absolute atomic E-state index is 12.7. The van der Waals surface area contributed by atoms with E-state index in [-0.39, 0.29) is 27.8 Å². The molecule has 5 aromatic rings. The van der Waals surface area contributed by atoms with Crippen LogP contribution in [0.25, 0.3) is 28.0 Å². The number of amides is 2. The molecule has 12 nitrogen and oxygen atoms in total. The second-order valence-corrected chi connectivity index (χ2v) is 13.4. The summed E-state index contributed by atoms with van der Waals surface area (Å²) < 4.78 is 32.3. The number of nitrogens with zero attached hydrogens (tertiary/aromatic N) is 5. The summed E-state index contributed by atoms with van der Waals surface area (Å²) in [7, 11) is -3.40. The average molecular weight is 589 g/mol. The highest BCUT2D eigenvalue weighted by Crippen LogP contribution is 2.32. The molecule has 0 atom stereocenters. The van der Waals surface area contributed by atoms with E-state index in [0.29, 0.717) is 45.2 Å². The lowest BCUT2D eigenvalue weighted by Gasteiger charge is -2.12. The number of nitrogens with one attached hydrogen (secondary N) is 2. The molecule has 0 saturated carbocycles. The van der Waals surface area contributed by atoms with E-state index in [4.69, 9.17) is 15.4 Å². The quantitative estimate of drug-likeness (QED) is 0.224. The number of carbonyl (C=O) groups is 1. The topological polar surface area (TPSA) is 171 Å². The van der Waals surface area contributed by atoms with Gasteiger partial charge in [0, 0.05) is 22.7 Å². The van der Waals surface area contributed by atoms with Gasteiger partial charge >= 0.3 is 6.03 Å². The number of anilines is 3. The molecule has 0 unspecified atom stereocenters. The predicted octanol–water partition coefficient (Wildman–Crippen LogP) is 5.42. The summed E-state index contributed by atoms with van der Waals surface area (Å²) in [4.78, 5) is 21.3. The number of urea groups is 1. The average Bonchev–Trinajstić information content (AvgIpc) is 3.55. The number of hydrogen-bond acceptors (Lipinski definition) is 9. The number of hydrogen-bond donors (Lipinski definition) is 3. The van der Waals surface area contributed by atoms with Crippen LogP contribution < -0.4 is 16.4 Å². The van der Waals surface area contributed by atoms with Gasteiger partial charge in [0.05, 0.1) is 21.7 Å². The molecular formula is C29H32N8O4S. The number of carbonyl (C=O) groups excluding carboxylic acids is 1. The molecule has 0 fully saturated rings. The molecule has 0 aliphatic rings. The van der Waals surface area contributed by atoms with Crippen LogP contribution in [0.3, 0.4) is 0 Å². The first-order valence-electron chi connectivity index (χ1n) is 13.3. The fourth-order valence-corrected chi connectivity index (χ4v) is 5.98. The zero-order valence-corrected chi connectivity index (χ0v) is 24.7. The number of nitrogen functional groups attached to an aromatic ring is 1. The van der Waals surface area contributed by atoms with Crippen LogP contribution in [0.4, 0.5) is 22.1 Å². The number of aromatic nitrogens is 5. The van der Waals surface area contributed by atoms with Crippen molar-refractivity contribution < 1.29 is 17.7 Å². The van der Waals surface area contributed by atoms with Gasteiger partial charge in [0.25, 0.3) is 0 Å². The van der Waals surface area contributed by atoms with Crippen molar-refractivity contribution in [3.05, 3.63) is 66.7 Å². The number of benzene rings is 2. The minimum absolute atomic E-state index is 0.0114. The van der Waals surface area contributed by atoms with Crippen molar-refractivity contribution in [1.29, 1.82) is 0 Å². The van der Waals surface area contributed by atoms with E-state index in [2.05, 4.69) is 25.8 Å². The molecule has 3 aromatic heterocycles. The largest absolute Gasteiger partial charge is 0.383 e. The first kappa shape index (κ1) is 28.7. The van der Waals surface area contributed by atoms with Gasteiger partial charge in [-0.1, -0.05) is 51.9 Å². The summed E-state index contributed by atoms with van der Waals surface area (Å²) in [5.41, 5.74) is 8.87. The standard InChI is InChI=1S/C29H32N8O4S/c1-17(2)15-42(39,40)21-12-6-18(7-13-21)25-24-26(30)31-16-32-27(24)37(35-25)20-10-8-19(9-11-20)33-28(38)34-23-14-22(41-36-23)29(3,4)5/h6-14,16-17H,15H2,1-5H3,(H2,30,31,32)(H2,33,34,36,38). The highest BCUT2D eigenvalue weighted by molar-refractivity contribution is 7.91. The summed E-state index contributed by atoms with van der Waals surface area (Å²) >= 11 is 0. The molecule has 5 rings (SSSR count). The van der Waals surface area contributed by atoms with Gasteiger partial charge in [-0.2, -0.15) is 5.10 Å². The van der Waals surface area contributed by atoms with Gasteiger partial charge in [-0.3, -0.25) is 5.32 Å². The van der Waals surface area contributed by atoms with E-state index in [1.54, 1.807) is 59.3 Å². The van der Waals surface area contributed by atoms with Crippen LogP contribution in [-0.2, 0) is 15.3 Å². The summed E-state index contributed by atoms with van der Waals surface area (Å²) in [6.45, 7) is 9.70. The fourth-order valence-electron chi connectivity index (χ4n) is 4.36. The summed E-state index contributed by atoms with van der Waals surface area (Å²) in [6.07, 6.45) is 1.36. The minimum Gasteiger partial charge on any atom is -0.383 e. The Balaban J connectivity index is 1.39. The van der Waals surface area contributed by atoms with Crippen molar-refractivity contribution in [3.63, 3.8) is 0 Å². The SMILES string of the molecule is CC(C)CS(=O)(=O)c1ccc(-c2nn(-c3ccc(NC(=O)Nc4cc(C(C)(C)C)on4)cc3)c3ncnc(N)c23)cc1. The fraction of sp³-hybridized carbons (Fsp3) is 0.276. The Morgan fingerprint density at radius 1 is 1.02 bits per heavy atom. The van der Waals surface area contributed by atoms with Gasteiger partial charge in [-0.05, 0) is 42.3 Å². The third-order valence-corrected chi connectivity index (χ3v) is 8.49. The Bertz CT molecular complexity index is 1850. The van der Waals surface area contributed by atoms with Crippen LogP contribution in [0.15, 0.2) is 70.3 Å². The molecule has 2 aromatic carbocycles. The molecule has 42 heavy (non-hydrogen) atoms. The van der Waals surface area contributed by atoms with Gasteiger partial charge in [-0.25, -0.2) is 27.9 Å². The number of nitrogens with two attached hydrogens (primary N) is 1. The lowest BCUT2D eigenvalue weighted by Crippen LogP contribution is -2.19. The van der Waals surface area contributed by atoms with E-state index in [1.165, 1.54) is 6.33 Å². The Morgan fingerprint density at radius 2 is 1.71 bits per heavy atom. The van der Waals surface area contributed by atoms with Crippen molar-refractivity contribution in [2.45, 2.75) is 44.9 Å². The number of rotatable bonds is 7. The lowest BCUT2D eigenvalue weighted by atomic mass is 9.93. The molecular weight excluding hydrogens is 556 g/mol. The Morgan fingerprint density at radius 3 is 2.33 bits per heavy atom. The molecule has 0 aliphatic carbocycles. The number of fused-ring (bicyclic) bond motifs is 1. The van der Waals surface area contributed by atoms with Crippen molar-refractivity contribution in [2.24, 2.45) is 5.92 Å². The summed E-state index contributed by atoms with van der Waals surface area (Å²) in [6, 6.07) is 14.8. The van der Waals surface area contributed by atoms with E-state index >= 15 is 0 Å². The summed E-state index contributed by atoms with van der Waals surface area (Å²) in [5, 5.41) is 14.6. The molecule has 0 radical (unpaired) electrons. The monoisotopic (exact) mass is 588 g/mol. The molecule has 0 bridgehead atoms. The van der Waals surface area contributed by atoms with E-state index in [0.717, 1.165) is 0 Å². The van der Waals surface area contributed by atoms with Gasteiger partial charge in [0.1, 0.15) is 23.6 Å². The Labute approximate surface area is 243 Å². The Kier molecular flexibility index (Phi) is 7.45. The van der Waals surface area contributed by atoms with Gasteiger partial charge in [0.2, 0.25) is 0 Å².